The summed E-state index contributed by atoms with van der Waals surface area (Å²) in [6.07, 6.45) is 0.937. The van der Waals surface area contributed by atoms with Gasteiger partial charge in [-0.15, -0.1) is 11.6 Å². The maximum absolute atomic E-state index is 11.2. The molecule has 1 aliphatic heterocycles. The molecule has 0 aromatic rings. The van der Waals surface area contributed by atoms with Gasteiger partial charge < -0.3 is 0 Å². The minimum Gasteiger partial charge on any atom is -0.212 e. The minimum atomic E-state index is -3.11. The topological polar surface area (TPSA) is 46.2 Å². The molecule has 0 radical (unpaired) electrons. The van der Waals surface area contributed by atoms with Crippen molar-refractivity contribution in [3.63, 3.8) is 0 Å². The second-order valence-electron chi connectivity index (χ2n) is 2.69. The summed E-state index contributed by atoms with van der Waals surface area (Å²) in [7, 11) is -3.11. The molecule has 1 saturated heterocycles. The molecule has 72 valence electrons. The molecule has 0 spiro atoms. The van der Waals surface area contributed by atoms with E-state index in [1.807, 2.05) is 0 Å². The Hall–Kier alpha value is 0.550. The molecule has 0 aromatic carbocycles. The maximum atomic E-state index is 11.2. The molecule has 12 heavy (non-hydrogen) atoms. The summed E-state index contributed by atoms with van der Waals surface area (Å²) in [6.45, 7) is 0. The minimum absolute atomic E-state index is 0.0235. The quantitative estimate of drug-likeness (QED) is 0.721. The van der Waals surface area contributed by atoms with Crippen molar-refractivity contribution in [2.75, 3.05) is 23.1 Å². The number of halogens is 1. The zero-order valence-electron chi connectivity index (χ0n) is 6.62. The first-order chi connectivity index (χ1) is 5.64. The Labute approximate surface area is 82.3 Å². The second-order valence-corrected chi connectivity index (χ2v) is 6.09. The van der Waals surface area contributed by atoms with Gasteiger partial charge in [-0.1, -0.05) is 0 Å². The normalized spacial score (nSPS) is 24.6. The molecular formula is C6H12ClNO2S2. The van der Waals surface area contributed by atoms with Crippen molar-refractivity contribution >= 4 is 33.4 Å². The molecule has 1 fully saturated rings. The van der Waals surface area contributed by atoms with Gasteiger partial charge in [0.2, 0.25) is 10.0 Å². The van der Waals surface area contributed by atoms with Crippen molar-refractivity contribution in [1.29, 1.82) is 0 Å². The van der Waals surface area contributed by atoms with E-state index in [2.05, 4.69) is 4.72 Å². The van der Waals surface area contributed by atoms with Gasteiger partial charge in [0.1, 0.15) is 0 Å². The standard InChI is InChI=1S/C6H12ClNO2S2/c7-2-4-12(9,10)8-6-1-3-11-5-6/h6,8H,1-5H2. The van der Waals surface area contributed by atoms with E-state index >= 15 is 0 Å². The van der Waals surface area contributed by atoms with Crippen LogP contribution in [0.2, 0.25) is 0 Å². The lowest BCUT2D eigenvalue weighted by molar-refractivity contribution is 0.564. The number of thioether (sulfide) groups is 1. The van der Waals surface area contributed by atoms with Crippen LogP contribution in [0.4, 0.5) is 0 Å². The van der Waals surface area contributed by atoms with Gasteiger partial charge >= 0.3 is 0 Å². The van der Waals surface area contributed by atoms with E-state index in [9.17, 15) is 8.42 Å². The van der Waals surface area contributed by atoms with Crippen molar-refractivity contribution in [3.8, 4) is 0 Å². The van der Waals surface area contributed by atoms with Crippen molar-refractivity contribution < 1.29 is 8.42 Å². The van der Waals surface area contributed by atoms with Gasteiger partial charge in [-0.3, -0.25) is 0 Å². The Balaban J connectivity index is 2.38. The molecule has 1 aliphatic rings. The molecule has 1 N–H and O–H groups in total. The van der Waals surface area contributed by atoms with E-state index in [0.29, 0.717) is 0 Å². The highest BCUT2D eigenvalue weighted by Crippen LogP contribution is 2.17. The molecular weight excluding hydrogens is 218 g/mol. The lowest BCUT2D eigenvalue weighted by Gasteiger charge is -2.10. The number of sulfonamides is 1. The molecule has 0 aromatic heterocycles. The molecule has 3 nitrogen and oxygen atoms in total. The zero-order chi connectivity index (χ0) is 9.03. The Morgan fingerprint density at radius 1 is 1.58 bits per heavy atom. The summed E-state index contributed by atoms with van der Waals surface area (Å²) in [5, 5.41) is 0. The summed E-state index contributed by atoms with van der Waals surface area (Å²) in [6, 6.07) is 0.128. The average molecular weight is 230 g/mol. The van der Waals surface area contributed by atoms with Crippen molar-refractivity contribution in [1.82, 2.24) is 4.72 Å². The van der Waals surface area contributed by atoms with Gasteiger partial charge in [-0.2, -0.15) is 11.8 Å². The average Bonchev–Trinajstić information content (AvgIpc) is 2.38. The third-order valence-electron chi connectivity index (χ3n) is 1.62. The molecule has 1 heterocycles. The van der Waals surface area contributed by atoms with E-state index in [1.54, 1.807) is 11.8 Å². The second kappa shape index (κ2) is 4.69. The van der Waals surface area contributed by atoms with Crippen LogP contribution in [0.15, 0.2) is 0 Å². The number of alkyl halides is 1. The third kappa shape index (κ3) is 3.51. The van der Waals surface area contributed by atoms with Crippen LogP contribution >= 0.6 is 23.4 Å². The molecule has 1 unspecified atom stereocenters. The van der Waals surface area contributed by atoms with Crippen LogP contribution in [0.25, 0.3) is 0 Å². The first kappa shape index (κ1) is 10.6. The predicted octanol–water partition coefficient (Wildman–Crippen LogP) is 0.650. The smallest absolute Gasteiger partial charge is 0.212 e. The summed E-state index contributed by atoms with van der Waals surface area (Å²) in [5.74, 6) is 2.13. The van der Waals surface area contributed by atoms with E-state index in [0.717, 1.165) is 17.9 Å². The monoisotopic (exact) mass is 229 g/mol. The first-order valence-electron chi connectivity index (χ1n) is 3.78. The van der Waals surface area contributed by atoms with Gasteiger partial charge in [0, 0.05) is 17.7 Å². The van der Waals surface area contributed by atoms with Crippen LogP contribution in [0.5, 0.6) is 0 Å². The van der Waals surface area contributed by atoms with E-state index in [-0.39, 0.29) is 17.7 Å². The Bertz CT molecular complexity index is 224. The highest BCUT2D eigenvalue weighted by Gasteiger charge is 2.20. The molecule has 1 atom stereocenters. The number of hydrogen-bond acceptors (Lipinski definition) is 3. The number of rotatable bonds is 4. The highest BCUT2D eigenvalue weighted by molar-refractivity contribution is 7.99. The molecule has 0 bridgehead atoms. The van der Waals surface area contributed by atoms with E-state index in [1.165, 1.54) is 0 Å². The summed E-state index contributed by atoms with van der Waals surface area (Å²) >= 11 is 7.13. The van der Waals surface area contributed by atoms with Crippen LogP contribution in [0.1, 0.15) is 6.42 Å². The van der Waals surface area contributed by atoms with Gasteiger partial charge in [-0.05, 0) is 12.2 Å². The van der Waals surface area contributed by atoms with E-state index < -0.39 is 10.0 Å². The Morgan fingerprint density at radius 2 is 2.33 bits per heavy atom. The third-order valence-corrected chi connectivity index (χ3v) is 4.63. The lowest BCUT2D eigenvalue weighted by Crippen LogP contribution is -2.36. The van der Waals surface area contributed by atoms with Crippen molar-refractivity contribution in [3.05, 3.63) is 0 Å². The molecule has 6 heteroatoms. The van der Waals surface area contributed by atoms with Crippen LogP contribution in [0, 0.1) is 0 Å². The van der Waals surface area contributed by atoms with Gasteiger partial charge in [0.15, 0.2) is 0 Å². The Kier molecular flexibility index (Phi) is 4.16. The largest absolute Gasteiger partial charge is 0.213 e. The van der Waals surface area contributed by atoms with Crippen molar-refractivity contribution in [2.24, 2.45) is 0 Å². The summed E-state index contributed by atoms with van der Waals surface area (Å²) < 4.78 is 25.0. The predicted molar refractivity (Wildman–Crippen MR) is 53.4 cm³/mol. The fourth-order valence-corrected chi connectivity index (χ4v) is 3.94. The molecule has 0 amide bonds. The number of nitrogens with one attached hydrogen (secondary N) is 1. The zero-order valence-corrected chi connectivity index (χ0v) is 9.01. The first-order valence-corrected chi connectivity index (χ1v) is 7.12. The SMILES string of the molecule is O=S(=O)(CCCl)NC1CCSC1. The van der Waals surface area contributed by atoms with Gasteiger partial charge in [0.05, 0.1) is 5.75 Å². The van der Waals surface area contributed by atoms with Crippen LogP contribution < -0.4 is 4.72 Å². The molecule has 0 saturated carbocycles. The summed E-state index contributed by atoms with van der Waals surface area (Å²) in [5.41, 5.74) is 0. The summed E-state index contributed by atoms with van der Waals surface area (Å²) in [4.78, 5) is 0. The van der Waals surface area contributed by atoms with Crippen LogP contribution in [0.3, 0.4) is 0 Å². The maximum Gasteiger partial charge on any atom is 0.213 e. The Morgan fingerprint density at radius 3 is 2.83 bits per heavy atom. The number of hydrogen-bond donors (Lipinski definition) is 1. The molecule has 1 rings (SSSR count). The van der Waals surface area contributed by atoms with Crippen LogP contribution in [-0.4, -0.2) is 37.6 Å². The van der Waals surface area contributed by atoms with Gasteiger partial charge in [0.25, 0.3) is 0 Å². The highest BCUT2D eigenvalue weighted by atomic mass is 35.5. The van der Waals surface area contributed by atoms with Crippen molar-refractivity contribution in [2.45, 2.75) is 12.5 Å². The lowest BCUT2D eigenvalue weighted by atomic mass is 10.3. The fourth-order valence-electron chi connectivity index (χ4n) is 1.04. The fraction of sp³-hybridized carbons (Fsp3) is 1.00. The molecule has 0 aliphatic carbocycles. The van der Waals surface area contributed by atoms with E-state index in [4.69, 9.17) is 11.6 Å². The van der Waals surface area contributed by atoms with Gasteiger partial charge in [-0.25, -0.2) is 13.1 Å². The van der Waals surface area contributed by atoms with Crippen LogP contribution in [-0.2, 0) is 10.0 Å².